The fraction of sp³-hybridized carbons (Fsp3) is 0.600. The van der Waals surface area contributed by atoms with Gasteiger partial charge in [-0.05, 0) is 41.9 Å². The van der Waals surface area contributed by atoms with Crippen LogP contribution in [0, 0.1) is 11.3 Å². The lowest BCUT2D eigenvalue weighted by Crippen LogP contribution is -2.55. The summed E-state index contributed by atoms with van der Waals surface area (Å²) in [6.07, 6.45) is -2.27. The number of benzene rings is 1. The molecule has 1 N–H and O–H groups in total. The van der Waals surface area contributed by atoms with Crippen molar-refractivity contribution in [2.24, 2.45) is 11.3 Å². The normalized spacial score (nSPS) is 18.4. The van der Waals surface area contributed by atoms with E-state index in [4.69, 9.17) is 0 Å². The number of halogens is 3. The van der Waals surface area contributed by atoms with Crippen LogP contribution in [0.2, 0.25) is 0 Å². The first-order chi connectivity index (χ1) is 8.81. The standard InChI is InChI=1S/C15H20F3N/c1-11(2)7-14(9-19-10-14)8-12-3-5-13(6-4-12)15(16,17)18/h3-6,11,19H,7-10H2,1-2H3. The van der Waals surface area contributed by atoms with Crippen molar-refractivity contribution >= 4 is 0 Å². The highest BCUT2D eigenvalue weighted by Crippen LogP contribution is 2.35. The van der Waals surface area contributed by atoms with Crippen LogP contribution < -0.4 is 5.32 Å². The molecule has 1 aliphatic heterocycles. The Morgan fingerprint density at radius 2 is 1.74 bits per heavy atom. The van der Waals surface area contributed by atoms with Gasteiger partial charge >= 0.3 is 6.18 Å². The molecular weight excluding hydrogens is 251 g/mol. The molecule has 1 fully saturated rings. The molecule has 0 bridgehead atoms. The summed E-state index contributed by atoms with van der Waals surface area (Å²) in [4.78, 5) is 0. The molecule has 19 heavy (non-hydrogen) atoms. The van der Waals surface area contributed by atoms with Crippen LogP contribution in [0.1, 0.15) is 31.4 Å². The van der Waals surface area contributed by atoms with Gasteiger partial charge in [0.05, 0.1) is 5.56 Å². The van der Waals surface area contributed by atoms with Gasteiger partial charge in [0, 0.05) is 13.1 Å². The Balaban J connectivity index is 2.06. The number of rotatable bonds is 4. The van der Waals surface area contributed by atoms with Gasteiger partial charge < -0.3 is 5.32 Å². The van der Waals surface area contributed by atoms with Crippen LogP contribution in [0.5, 0.6) is 0 Å². The van der Waals surface area contributed by atoms with Crippen molar-refractivity contribution in [3.05, 3.63) is 35.4 Å². The summed E-state index contributed by atoms with van der Waals surface area (Å²) in [6, 6.07) is 5.60. The van der Waals surface area contributed by atoms with E-state index in [1.54, 1.807) is 12.1 Å². The minimum absolute atomic E-state index is 0.230. The molecule has 1 nitrogen and oxygen atoms in total. The molecule has 0 aliphatic carbocycles. The summed E-state index contributed by atoms with van der Waals surface area (Å²) >= 11 is 0. The first-order valence-corrected chi connectivity index (χ1v) is 6.68. The van der Waals surface area contributed by atoms with Gasteiger partial charge in [0.15, 0.2) is 0 Å². The fourth-order valence-electron chi connectivity index (χ4n) is 2.93. The van der Waals surface area contributed by atoms with Crippen LogP contribution in [0.25, 0.3) is 0 Å². The Morgan fingerprint density at radius 3 is 2.11 bits per heavy atom. The van der Waals surface area contributed by atoms with E-state index in [0.717, 1.165) is 31.5 Å². The van der Waals surface area contributed by atoms with E-state index >= 15 is 0 Å². The molecule has 0 aromatic heterocycles. The van der Waals surface area contributed by atoms with E-state index in [1.807, 2.05) is 0 Å². The maximum absolute atomic E-state index is 12.5. The second-order valence-electron chi connectivity index (χ2n) is 6.07. The molecule has 0 spiro atoms. The monoisotopic (exact) mass is 271 g/mol. The van der Waals surface area contributed by atoms with Crippen molar-refractivity contribution in [1.29, 1.82) is 0 Å². The van der Waals surface area contributed by atoms with Crippen LogP contribution in [0.15, 0.2) is 24.3 Å². The summed E-state index contributed by atoms with van der Waals surface area (Å²) in [6.45, 7) is 6.30. The second-order valence-corrected chi connectivity index (χ2v) is 6.07. The van der Waals surface area contributed by atoms with Crippen LogP contribution in [0.3, 0.4) is 0 Å². The van der Waals surface area contributed by atoms with Gasteiger partial charge in [-0.2, -0.15) is 13.2 Å². The van der Waals surface area contributed by atoms with Crippen LogP contribution in [-0.4, -0.2) is 13.1 Å². The van der Waals surface area contributed by atoms with Gasteiger partial charge in [-0.3, -0.25) is 0 Å². The topological polar surface area (TPSA) is 12.0 Å². The summed E-state index contributed by atoms with van der Waals surface area (Å²) in [5.74, 6) is 0.608. The van der Waals surface area contributed by atoms with Crippen LogP contribution in [0.4, 0.5) is 13.2 Å². The summed E-state index contributed by atoms with van der Waals surface area (Å²) < 4.78 is 37.5. The van der Waals surface area contributed by atoms with Gasteiger partial charge in [-0.1, -0.05) is 26.0 Å². The minimum atomic E-state index is -4.24. The van der Waals surface area contributed by atoms with Crippen molar-refractivity contribution in [1.82, 2.24) is 5.32 Å². The first kappa shape index (κ1) is 14.4. The highest BCUT2D eigenvalue weighted by Gasteiger charge is 2.37. The molecule has 1 heterocycles. The van der Waals surface area contributed by atoms with Crippen molar-refractivity contribution in [2.45, 2.75) is 32.9 Å². The van der Waals surface area contributed by atoms with Gasteiger partial charge in [0.1, 0.15) is 0 Å². The predicted octanol–water partition coefficient (Wildman–Crippen LogP) is 3.88. The summed E-state index contributed by atoms with van der Waals surface area (Å²) in [5.41, 5.74) is 0.657. The Bertz CT molecular complexity index is 416. The molecule has 2 rings (SSSR count). The molecule has 1 saturated heterocycles. The van der Waals surface area contributed by atoms with E-state index in [0.29, 0.717) is 5.92 Å². The van der Waals surface area contributed by atoms with Crippen molar-refractivity contribution < 1.29 is 13.2 Å². The summed E-state index contributed by atoms with van der Waals surface area (Å²) in [7, 11) is 0. The smallest absolute Gasteiger partial charge is 0.316 e. The number of alkyl halides is 3. The quantitative estimate of drug-likeness (QED) is 0.876. The average Bonchev–Trinajstić information content (AvgIpc) is 2.25. The molecule has 0 radical (unpaired) electrons. The average molecular weight is 271 g/mol. The zero-order chi connectivity index (χ0) is 14.1. The maximum atomic E-state index is 12.5. The highest BCUT2D eigenvalue weighted by molar-refractivity contribution is 5.26. The second kappa shape index (κ2) is 5.16. The Labute approximate surface area is 112 Å². The SMILES string of the molecule is CC(C)CC1(Cc2ccc(C(F)(F)F)cc2)CNC1. The minimum Gasteiger partial charge on any atom is -0.316 e. The van der Waals surface area contributed by atoms with E-state index in [9.17, 15) is 13.2 Å². The number of hydrogen-bond donors (Lipinski definition) is 1. The molecule has 0 atom stereocenters. The Morgan fingerprint density at radius 1 is 1.16 bits per heavy atom. The molecule has 0 amide bonds. The van der Waals surface area contributed by atoms with Gasteiger partial charge in [0.25, 0.3) is 0 Å². The van der Waals surface area contributed by atoms with Crippen molar-refractivity contribution in [3.63, 3.8) is 0 Å². The lowest BCUT2D eigenvalue weighted by atomic mass is 9.71. The Kier molecular flexibility index (Phi) is 3.90. The molecule has 0 saturated carbocycles. The fourth-order valence-corrected chi connectivity index (χ4v) is 2.93. The van der Waals surface area contributed by atoms with Gasteiger partial charge in [0.2, 0.25) is 0 Å². The number of hydrogen-bond acceptors (Lipinski definition) is 1. The molecule has 1 aliphatic rings. The largest absolute Gasteiger partial charge is 0.416 e. The zero-order valence-electron chi connectivity index (χ0n) is 11.3. The highest BCUT2D eigenvalue weighted by atomic mass is 19.4. The first-order valence-electron chi connectivity index (χ1n) is 6.68. The maximum Gasteiger partial charge on any atom is 0.416 e. The predicted molar refractivity (Wildman–Crippen MR) is 69.9 cm³/mol. The van der Waals surface area contributed by atoms with Gasteiger partial charge in [-0.15, -0.1) is 0 Å². The van der Waals surface area contributed by atoms with E-state index in [2.05, 4.69) is 19.2 Å². The third kappa shape index (κ3) is 3.50. The number of nitrogens with one attached hydrogen (secondary N) is 1. The van der Waals surface area contributed by atoms with Crippen LogP contribution in [-0.2, 0) is 12.6 Å². The molecule has 4 heteroatoms. The van der Waals surface area contributed by atoms with Crippen molar-refractivity contribution in [2.75, 3.05) is 13.1 Å². The lowest BCUT2D eigenvalue weighted by molar-refractivity contribution is -0.137. The Hall–Kier alpha value is -1.03. The van der Waals surface area contributed by atoms with E-state index in [-0.39, 0.29) is 5.41 Å². The van der Waals surface area contributed by atoms with E-state index in [1.165, 1.54) is 12.1 Å². The van der Waals surface area contributed by atoms with Gasteiger partial charge in [-0.25, -0.2) is 0 Å². The van der Waals surface area contributed by atoms with E-state index < -0.39 is 11.7 Å². The molecule has 106 valence electrons. The third-order valence-corrected chi connectivity index (χ3v) is 3.70. The summed E-state index contributed by atoms with van der Waals surface area (Å²) in [5, 5.41) is 3.28. The molecule has 0 unspecified atom stereocenters. The van der Waals surface area contributed by atoms with Crippen molar-refractivity contribution in [3.8, 4) is 0 Å². The molecule has 1 aromatic carbocycles. The molecular formula is C15H20F3N. The lowest BCUT2D eigenvalue weighted by Gasteiger charge is -2.44. The third-order valence-electron chi connectivity index (χ3n) is 3.70. The van der Waals surface area contributed by atoms with Crippen LogP contribution >= 0.6 is 0 Å². The molecule has 1 aromatic rings. The zero-order valence-corrected chi connectivity index (χ0v) is 11.3.